The minimum atomic E-state index is -0.805. The normalized spacial score (nSPS) is 11.5. The highest BCUT2D eigenvalue weighted by molar-refractivity contribution is 5.95. The highest BCUT2D eigenvalue weighted by Crippen LogP contribution is 2.26. The van der Waals surface area contributed by atoms with Crippen LogP contribution in [0.4, 0.5) is 5.69 Å². The summed E-state index contributed by atoms with van der Waals surface area (Å²) in [7, 11) is 0. The van der Waals surface area contributed by atoms with Crippen LogP contribution in [0.25, 0.3) is 5.57 Å². The first-order valence-corrected chi connectivity index (χ1v) is 10.4. The van der Waals surface area contributed by atoms with Crippen LogP contribution < -0.4 is 10.6 Å². The highest BCUT2D eigenvalue weighted by Gasteiger charge is 2.08. The van der Waals surface area contributed by atoms with Crippen LogP contribution in [0.15, 0.2) is 84.4 Å². The number of benzene rings is 1. The number of carboxylic acids is 1. The topological polar surface area (TPSA) is 123 Å². The average Bonchev–Trinajstić information content (AvgIpc) is 2.84. The first-order chi connectivity index (χ1) is 16.2. The molecule has 0 aliphatic carbocycles. The van der Waals surface area contributed by atoms with Crippen LogP contribution in [-0.2, 0) is 11.3 Å². The molecular weight excluding hydrogens is 416 g/mol. The molecule has 0 spiro atoms. The van der Waals surface area contributed by atoms with E-state index in [0.29, 0.717) is 25.3 Å². The molecule has 3 N–H and O–H groups in total. The molecule has 1 aromatic carbocycles. The van der Waals surface area contributed by atoms with Crippen LogP contribution in [0.1, 0.15) is 36.0 Å². The Labute approximate surface area is 192 Å². The van der Waals surface area contributed by atoms with Gasteiger partial charge in [0.25, 0.3) is 0 Å². The number of nitrogens with one attached hydrogen (secondary N) is 2. The van der Waals surface area contributed by atoms with Crippen LogP contribution in [0, 0.1) is 11.5 Å². The van der Waals surface area contributed by atoms with E-state index < -0.39 is 5.97 Å². The molecule has 3 rings (SSSR count). The molecule has 2 aromatic heterocycles. The number of aliphatic imine (C=N–C) groups is 1. The number of anilines is 1. The van der Waals surface area contributed by atoms with E-state index in [1.54, 1.807) is 24.8 Å². The van der Waals surface area contributed by atoms with E-state index in [1.807, 2.05) is 60.8 Å². The van der Waals surface area contributed by atoms with Gasteiger partial charge in [-0.1, -0.05) is 30.3 Å². The molecule has 8 nitrogen and oxygen atoms in total. The number of hydrogen-bond donors (Lipinski definition) is 3. The van der Waals surface area contributed by atoms with Crippen molar-refractivity contribution in [3.63, 3.8) is 0 Å². The molecule has 0 saturated heterocycles. The number of rotatable bonds is 9. The van der Waals surface area contributed by atoms with Crippen molar-refractivity contribution in [2.45, 2.75) is 25.8 Å². The van der Waals surface area contributed by atoms with Crippen LogP contribution in [0.5, 0.6) is 0 Å². The number of pyridine rings is 2. The number of unbranched alkanes of at least 4 members (excludes halogenated alkanes) is 1. The minimum Gasteiger partial charge on any atom is -0.481 e. The molecule has 0 amide bonds. The fraction of sp³-hybridized carbons (Fsp3) is 0.160. The molecule has 33 heavy (non-hydrogen) atoms. The number of carboxylic acid groups (broad SMARTS) is 1. The third-order valence-corrected chi connectivity index (χ3v) is 4.67. The van der Waals surface area contributed by atoms with Gasteiger partial charge in [-0.2, -0.15) is 5.26 Å². The lowest BCUT2D eigenvalue weighted by Gasteiger charge is -2.12. The highest BCUT2D eigenvalue weighted by atomic mass is 16.4. The van der Waals surface area contributed by atoms with Crippen molar-refractivity contribution in [1.29, 1.82) is 5.26 Å². The largest absolute Gasteiger partial charge is 0.481 e. The Morgan fingerprint density at radius 1 is 1.09 bits per heavy atom. The van der Waals surface area contributed by atoms with Gasteiger partial charge < -0.3 is 10.4 Å². The predicted molar refractivity (Wildman–Crippen MR) is 127 cm³/mol. The Bertz CT molecular complexity index is 1150. The average molecular weight is 441 g/mol. The third-order valence-electron chi connectivity index (χ3n) is 4.67. The Hall–Kier alpha value is -4.51. The molecule has 2 heterocycles. The SMILES string of the molecule is N#CNC(=NCc1cccnc1)Nc1cccc(C(=CCCCC(=O)O)c2cccnc2)c1. The zero-order chi connectivity index (χ0) is 23.3. The van der Waals surface area contributed by atoms with Gasteiger partial charge in [-0.05, 0) is 53.8 Å². The predicted octanol–water partition coefficient (Wildman–Crippen LogP) is 4.20. The molecule has 0 bridgehead atoms. The summed E-state index contributed by atoms with van der Waals surface area (Å²) in [5.41, 5.74) is 4.51. The summed E-state index contributed by atoms with van der Waals surface area (Å²) in [6, 6.07) is 15.3. The van der Waals surface area contributed by atoms with Gasteiger partial charge in [0.2, 0.25) is 5.96 Å². The second-order valence-electron chi connectivity index (χ2n) is 7.11. The smallest absolute Gasteiger partial charge is 0.303 e. The molecule has 0 fully saturated rings. The zero-order valence-corrected chi connectivity index (χ0v) is 18.0. The van der Waals surface area contributed by atoms with Gasteiger partial charge in [0.1, 0.15) is 0 Å². The van der Waals surface area contributed by atoms with Gasteiger partial charge in [-0.15, -0.1) is 0 Å². The van der Waals surface area contributed by atoms with Crippen molar-refractivity contribution in [3.05, 3.63) is 96.1 Å². The number of hydrogen-bond acceptors (Lipinski definition) is 5. The van der Waals surface area contributed by atoms with Gasteiger partial charge in [0.05, 0.1) is 6.54 Å². The maximum Gasteiger partial charge on any atom is 0.303 e. The summed E-state index contributed by atoms with van der Waals surface area (Å²) in [5.74, 6) is -0.479. The summed E-state index contributed by atoms with van der Waals surface area (Å²) in [6.07, 6.45) is 12.1. The van der Waals surface area contributed by atoms with Crippen molar-refractivity contribution < 1.29 is 9.90 Å². The van der Waals surface area contributed by atoms with Crippen molar-refractivity contribution in [2.75, 3.05) is 5.32 Å². The van der Waals surface area contributed by atoms with Crippen molar-refractivity contribution in [2.24, 2.45) is 4.99 Å². The van der Waals surface area contributed by atoms with Crippen LogP contribution in [0.3, 0.4) is 0 Å². The summed E-state index contributed by atoms with van der Waals surface area (Å²) in [4.78, 5) is 23.6. The summed E-state index contributed by atoms with van der Waals surface area (Å²) in [5, 5.41) is 23.8. The fourth-order valence-corrected chi connectivity index (χ4v) is 3.15. The number of aromatic nitrogens is 2. The molecular formula is C25H24N6O2. The van der Waals surface area contributed by atoms with Crippen molar-refractivity contribution >= 4 is 23.2 Å². The molecule has 0 saturated carbocycles. The number of nitrogens with zero attached hydrogens (tertiary/aromatic N) is 4. The van der Waals surface area contributed by atoms with E-state index in [1.165, 1.54) is 0 Å². The maximum absolute atomic E-state index is 10.8. The van der Waals surface area contributed by atoms with Crippen molar-refractivity contribution in [1.82, 2.24) is 15.3 Å². The van der Waals surface area contributed by atoms with E-state index in [9.17, 15) is 4.79 Å². The minimum absolute atomic E-state index is 0.120. The van der Waals surface area contributed by atoms with E-state index in [2.05, 4.69) is 25.6 Å². The number of aliphatic carboxylic acids is 1. The number of allylic oxidation sites excluding steroid dienone is 1. The first-order valence-electron chi connectivity index (χ1n) is 10.4. The molecule has 0 radical (unpaired) electrons. The molecule has 0 atom stereocenters. The standard InChI is InChI=1S/C25H24N6O2/c26-18-30-25(29-16-19-6-4-12-27-15-19)31-22-9-3-7-20(14-22)23(10-1-2-11-24(32)33)21-8-5-13-28-17-21/h3-10,12-15,17H,1-2,11,16H2,(H,32,33)(H2,29,30,31). The van der Waals surface area contributed by atoms with Crippen LogP contribution in [0.2, 0.25) is 0 Å². The van der Waals surface area contributed by atoms with E-state index >= 15 is 0 Å². The Kier molecular flexibility index (Phi) is 8.68. The third kappa shape index (κ3) is 7.60. The molecule has 0 aliphatic rings. The number of guanidine groups is 1. The second kappa shape index (κ2) is 12.4. The van der Waals surface area contributed by atoms with Gasteiger partial charge in [0.15, 0.2) is 6.19 Å². The molecule has 3 aromatic rings. The molecule has 0 aliphatic heterocycles. The lowest BCUT2D eigenvalue weighted by Crippen LogP contribution is -2.26. The fourth-order valence-electron chi connectivity index (χ4n) is 3.15. The maximum atomic E-state index is 10.8. The van der Waals surface area contributed by atoms with Crippen LogP contribution >= 0.6 is 0 Å². The lowest BCUT2D eigenvalue weighted by molar-refractivity contribution is -0.137. The Morgan fingerprint density at radius 3 is 2.58 bits per heavy atom. The monoisotopic (exact) mass is 440 g/mol. The molecule has 0 unspecified atom stereocenters. The Balaban J connectivity index is 1.83. The number of nitriles is 1. The second-order valence-corrected chi connectivity index (χ2v) is 7.11. The van der Waals surface area contributed by atoms with E-state index in [0.717, 1.165) is 28.0 Å². The van der Waals surface area contributed by atoms with Gasteiger partial charge >= 0.3 is 5.97 Å². The van der Waals surface area contributed by atoms with Crippen molar-refractivity contribution in [3.8, 4) is 6.19 Å². The summed E-state index contributed by atoms with van der Waals surface area (Å²) in [6.45, 7) is 0.370. The first kappa shape index (κ1) is 23.2. The quantitative estimate of drug-likeness (QED) is 0.150. The van der Waals surface area contributed by atoms with Crippen LogP contribution in [-0.4, -0.2) is 27.0 Å². The van der Waals surface area contributed by atoms with Gasteiger partial charge in [0, 0.05) is 42.5 Å². The molecule has 8 heteroatoms. The Morgan fingerprint density at radius 2 is 1.88 bits per heavy atom. The summed E-state index contributed by atoms with van der Waals surface area (Å²) >= 11 is 0. The summed E-state index contributed by atoms with van der Waals surface area (Å²) < 4.78 is 0. The van der Waals surface area contributed by atoms with E-state index in [4.69, 9.17) is 10.4 Å². The molecule has 166 valence electrons. The number of carbonyl (C=O) groups is 1. The zero-order valence-electron chi connectivity index (χ0n) is 18.0. The van der Waals surface area contributed by atoms with Gasteiger partial charge in [-0.25, -0.2) is 4.99 Å². The van der Waals surface area contributed by atoms with E-state index in [-0.39, 0.29) is 6.42 Å². The lowest BCUT2D eigenvalue weighted by atomic mass is 9.97. The van der Waals surface area contributed by atoms with Gasteiger partial charge in [-0.3, -0.25) is 20.1 Å².